The van der Waals surface area contributed by atoms with E-state index in [1.165, 1.54) is 16.7 Å². The molecule has 1 fully saturated rings. The third-order valence-electron chi connectivity index (χ3n) is 3.29. The number of carbonyl (C=O) groups is 1. The Bertz CT molecular complexity index is 440. The number of nitrogens with one attached hydrogen (secondary N) is 1. The molecule has 1 aliphatic carbocycles. The van der Waals surface area contributed by atoms with Crippen molar-refractivity contribution in [1.82, 2.24) is 5.32 Å². The number of amides is 1. The second-order valence-electron chi connectivity index (χ2n) is 5.17. The number of aryl methyl sites for hydroxylation is 2. The van der Waals surface area contributed by atoms with Gasteiger partial charge >= 0.3 is 0 Å². The highest BCUT2D eigenvalue weighted by atomic mass is 32.2. The molecule has 0 aromatic heterocycles. The maximum Gasteiger partial charge on any atom is 0.233 e. The zero-order chi connectivity index (χ0) is 13.1. The summed E-state index contributed by atoms with van der Waals surface area (Å²) >= 11 is 1.72. The van der Waals surface area contributed by atoms with E-state index in [1.54, 1.807) is 11.8 Å². The van der Waals surface area contributed by atoms with Gasteiger partial charge in [0, 0.05) is 11.8 Å². The molecule has 3 heteroatoms. The molecule has 2 rings (SSSR count). The molecule has 0 spiro atoms. The largest absolute Gasteiger partial charge is 0.352 e. The Labute approximate surface area is 114 Å². The van der Waals surface area contributed by atoms with Crippen molar-refractivity contribution in [2.45, 2.75) is 50.7 Å². The highest BCUT2D eigenvalue weighted by Gasteiger charge is 2.25. The van der Waals surface area contributed by atoms with Crippen molar-refractivity contribution in [3.63, 3.8) is 0 Å². The Morgan fingerprint density at radius 1 is 1.44 bits per heavy atom. The zero-order valence-electron chi connectivity index (χ0n) is 11.3. The summed E-state index contributed by atoms with van der Waals surface area (Å²) < 4.78 is 0. The first-order valence-electron chi connectivity index (χ1n) is 6.54. The van der Waals surface area contributed by atoms with Crippen molar-refractivity contribution in [2.24, 2.45) is 0 Å². The van der Waals surface area contributed by atoms with Crippen LogP contribution in [0.1, 0.15) is 36.5 Å². The predicted octanol–water partition coefficient (Wildman–Crippen LogP) is 3.20. The monoisotopic (exact) mass is 263 g/mol. The minimum absolute atomic E-state index is 0.0329. The average Bonchev–Trinajstić information content (AvgIpc) is 3.13. The van der Waals surface area contributed by atoms with Gasteiger partial charge in [0.25, 0.3) is 0 Å². The lowest BCUT2D eigenvalue weighted by molar-refractivity contribution is -0.120. The first-order valence-corrected chi connectivity index (χ1v) is 7.59. The molecule has 98 valence electrons. The standard InChI is InChI=1S/C15H21NOS/c1-10-4-5-11(2)13(8-10)9-18-12(3)15(17)16-14-6-7-14/h4-5,8,12,14H,6-7,9H2,1-3H3,(H,16,17). The number of rotatable bonds is 5. The molecule has 0 radical (unpaired) electrons. The summed E-state index contributed by atoms with van der Waals surface area (Å²) in [6, 6.07) is 6.96. The van der Waals surface area contributed by atoms with Gasteiger partial charge in [-0.15, -0.1) is 11.8 Å². The minimum atomic E-state index is 0.0329. The summed E-state index contributed by atoms with van der Waals surface area (Å²) in [7, 11) is 0. The fourth-order valence-electron chi connectivity index (χ4n) is 1.79. The lowest BCUT2D eigenvalue weighted by Gasteiger charge is -2.13. The van der Waals surface area contributed by atoms with E-state index in [2.05, 4.69) is 37.4 Å². The molecule has 1 saturated carbocycles. The van der Waals surface area contributed by atoms with Crippen LogP contribution in [0, 0.1) is 13.8 Å². The van der Waals surface area contributed by atoms with E-state index in [0.717, 1.165) is 18.6 Å². The van der Waals surface area contributed by atoms with Crippen molar-refractivity contribution < 1.29 is 4.79 Å². The van der Waals surface area contributed by atoms with E-state index in [0.29, 0.717) is 6.04 Å². The third-order valence-corrected chi connectivity index (χ3v) is 4.48. The Morgan fingerprint density at radius 3 is 2.83 bits per heavy atom. The third kappa shape index (κ3) is 3.77. The van der Waals surface area contributed by atoms with Crippen LogP contribution in [0.4, 0.5) is 0 Å². The van der Waals surface area contributed by atoms with Crippen LogP contribution in [0.15, 0.2) is 18.2 Å². The smallest absolute Gasteiger partial charge is 0.233 e. The summed E-state index contributed by atoms with van der Waals surface area (Å²) in [5, 5.41) is 3.09. The first kappa shape index (κ1) is 13.5. The predicted molar refractivity (Wildman–Crippen MR) is 77.8 cm³/mol. The number of thioether (sulfide) groups is 1. The summed E-state index contributed by atoms with van der Waals surface area (Å²) in [6.07, 6.45) is 2.31. The van der Waals surface area contributed by atoms with Crippen LogP contribution in [0.2, 0.25) is 0 Å². The topological polar surface area (TPSA) is 29.1 Å². The van der Waals surface area contributed by atoms with Gasteiger partial charge in [0.1, 0.15) is 0 Å². The van der Waals surface area contributed by atoms with Gasteiger partial charge in [0.2, 0.25) is 5.91 Å². The second-order valence-corrected chi connectivity index (χ2v) is 6.50. The molecular formula is C15H21NOS. The Balaban J connectivity index is 1.85. The van der Waals surface area contributed by atoms with Crippen LogP contribution in [0.3, 0.4) is 0 Å². The number of hydrogen-bond acceptors (Lipinski definition) is 2. The average molecular weight is 263 g/mol. The van der Waals surface area contributed by atoms with E-state index in [4.69, 9.17) is 0 Å². The van der Waals surface area contributed by atoms with Gasteiger partial charge in [-0.3, -0.25) is 4.79 Å². The molecule has 1 atom stereocenters. The van der Waals surface area contributed by atoms with Gasteiger partial charge in [-0.2, -0.15) is 0 Å². The molecule has 18 heavy (non-hydrogen) atoms. The lowest BCUT2D eigenvalue weighted by atomic mass is 10.1. The maximum atomic E-state index is 11.8. The van der Waals surface area contributed by atoms with Crippen LogP contribution in [0.5, 0.6) is 0 Å². The summed E-state index contributed by atoms with van der Waals surface area (Å²) in [6.45, 7) is 6.23. The quantitative estimate of drug-likeness (QED) is 0.884. The lowest BCUT2D eigenvalue weighted by Crippen LogP contribution is -2.32. The summed E-state index contributed by atoms with van der Waals surface area (Å²) in [5.41, 5.74) is 3.93. The van der Waals surface area contributed by atoms with Gasteiger partial charge < -0.3 is 5.32 Å². The molecule has 1 unspecified atom stereocenters. The van der Waals surface area contributed by atoms with Crippen LogP contribution < -0.4 is 5.32 Å². The summed E-state index contributed by atoms with van der Waals surface area (Å²) in [5.74, 6) is 1.10. The van der Waals surface area contributed by atoms with Gasteiger partial charge in [0.15, 0.2) is 0 Å². The Morgan fingerprint density at radius 2 is 2.17 bits per heavy atom. The van der Waals surface area contributed by atoms with Crippen LogP contribution in [-0.4, -0.2) is 17.2 Å². The highest BCUT2D eigenvalue weighted by molar-refractivity contribution is 7.99. The molecular weight excluding hydrogens is 242 g/mol. The number of carbonyl (C=O) groups excluding carboxylic acids is 1. The molecule has 1 aromatic rings. The maximum absolute atomic E-state index is 11.8. The molecule has 1 amide bonds. The molecule has 1 N–H and O–H groups in total. The number of hydrogen-bond donors (Lipinski definition) is 1. The van der Waals surface area contributed by atoms with E-state index < -0.39 is 0 Å². The van der Waals surface area contributed by atoms with Crippen molar-refractivity contribution in [1.29, 1.82) is 0 Å². The van der Waals surface area contributed by atoms with E-state index in [-0.39, 0.29) is 11.2 Å². The van der Waals surface area contributed by atoms with Crippen LogP contribution >= 0.6 is 11.8 Å². The van der Waals surface area contributed by atoms with Crippen LogP contribution in [-0.2, 0) is 10.5 Å². The fraction of sp³-hybridized carbons (Fsp3) is 0.533. The van der Waals surface area contributed by atoms with Gasteiger partial charge in [-0.25, -0.2) is 0 Å². The molecule has 1 aromatic carbocycles. The first-order chi connectivity index (χ1) is 8.56. The molecule has 0 aliphatic heterocycles. The Kier molecular flexibility index (Phi) is 4.33. The van der Waals surface area contributed by atoms with Crippen molar-refractivity contribution in [3.05, 3.63) is 34.9 Å². The van der Waals surface area contributed by atoms with Crippen molar-refractivity contribution in [3.8, 4) is 0 Å². The van der Waals surface area contributed by atoms with Gasteiger partial charge in [-0.1, -0.05) is 23.8 Å². The van der Waals surface area contributed by atoms with E-state index in [1.807, 2.05) is 6.92 Å². The Hall–Kier alpha value is -0.960. The molecule has 1 aliphatic rings. The molecule has 0 bridgehead atoms. The van der Waals surface area contributed by atoms with Gasteiger partial charge in [-0.05, 0) is 44.7 Å². The van der Waals surface area contributed by atoms with Gasteiger partial charge in [0.05, 0.1) is 5.25 Å². The highest BCUT2D eigenvalue weighted by Crippen LogP contribution is 2.23. The molecule has 0 saturated heterocycles. The normalized spacial score (nSPS) is 16.4. The van der Waals surface area contributed by atoms with Crippen molar-refractivity contribution >= 4 is 17.7 Å². The van der Waals surface area contributed by atoms with E-state index in [9.17, 15) is 4.79 Å². The van der Waals surface area contributed by atoms with Crippen LogP contribution in [0.25, 0.3) is 0 Å². The zero-order valence-corrected chi connectivity index (χ0v) is 12.1. The second kappa shape index (κ2) is 5.79. The van der Waals surface area contributed by atoms with Crippen molar-refractivity contribution in [2.75, 3.05) is 0 Å². The number of benzene rings is 1. The summed E-state index contributed by atoms with van der Waals surface area (Å²) in [4.78, 5) is 11.8. The minimum Gasteiger partial charge on any atom is -0.352 e. The molecule has 2 nitrogen and oxygen atoms in total. The molecule has 0 heterocycles. The fourth-order valence-corrected chi connectivity index (χ4v) is 2.75. The SMILES string of the molecule is Cc1ccc(C)c(CSC(C)C(=O)NC2CC2)c1. The van der Waals surface area contributed by atoms with E-state index >= 15 is 0 Å².